The summed E-state index contributed by atoms with van der Waals surface area (Å²) >= 11 is 0. The minimum absolute atomic E-state index is 0.0962. The molecule has 0 atom stereocenters. The van der Waals surface area contributed by atoms with Gasteiger partial charge in [-0.05, 0) is 30.9 Å². The summed E-state index contributed by atoms with van der Waals surface area (Å²) in [5.74, 6) is 1.64. The van der Waals surface area contributed by atoms with E-state index in [1.54, 1.807) is 17.0 Å². The number of carbonyl (C=O) groups is 1. The number of sulfonamides is 1. The molecule has 166 valence electrons. The predicted octanol–water partition coefficient (Wildman–Crippen LogP) is 1.41. The Hall–Kier alpha value is -1.84. The summed E-state index contributed by atoms with van der Waals surface area (Å²) in [4.78, 5) is 17.1. The van der Waals surface area contributed by atoms with Crippen LogP contribution in [-0.2, 0) is 14.8 Å². The highest BCUT2D eigenvalue weighted by Gasteiger charge is 2.34. The largest absolute Gasteiger partial charge is 0.486 e. The first kappa shape index (κ1) is 21.4. The second-order valence-corrected chi connectivity index (χ2v) is 10.6. The molecule has 9 heteroatoms. The van der Waals surface area contributed by atoms with Crippen LogP contribution < -0.4 is 9.47 Å². The van der Waals surface area contributed by atoms with Gasteiger partial charge in [0.15, 0.2) is 11.5 Å². The third-order valence-corrected chi connectivity index (χ3v) is 7.64. The van der Waals surface area contributed by atoms with Gasteiger partial charge < -0.3 is 14.4 Å². The Morgan fingerprint density at radius 1 is 1.10 bits per heavy atom. The molecular weight excluding hydrogens is 406 g/mol. The summed E-state index contributed by atoms with van der Waals surface area (Å²) in [6, 6.07) is 5.26. The first-order valence-electron chi connectivity index (χ1n) is 10.8. The van der Waals surface area contributed by atoms with E-state index in [4.69, 9.17) is 9.47 Å². The van der Waals surface area contributed by atoms with Crippen molar-refractivity contribution in [2.75, 3.05) is 52.5 Å². The van der Waals surface area contributed by atoms with E-state index >= 15 is 0 Å². The fraction of sp³-hybridized carbons (Fsp3) is 0.667. The zero-order chi connectivity index (χ0) is 21.3. The number of ether oxygens (including phenoxy) is 2. The van der Waals surface area contributed by atoms with Gasteiger partial charge in [-0.3, -0.25) is 9.69 Å². The van der Waals surface area contributed by atoms with Crippen LogP contribution in [0.4, 0.5) is 0 Å². The van der Waals surface area contributed by atoms with E-state index < -0.39 is 10.0 Å². The first-order valence-corrected chi connectivity index (χ1v) is 12.2. The molecule has 2 aliphatic heterocycles. The van der Waals surface area contributed by atoms with Gasteiger partial charge in [0, 0.05) is 44.8 Å². The monoisotopic (exact) mass is 437 g/mol. The second kappa shape index (κ2) is 8.72. The fourth-order valence-electron chi connectivity index (χ4n) is 4.04. The van der Waals surface area contributed by atoms with Gasteiger partial charge in [0.05, 0.1) is 11.4 Å². The van der Waals surface area contributed by atoms with Crippen molar-refractivity contribution in [2.24, 2.45) is 5.92 Å². The molecular formula is C21H31N3O5S. The number of carbonyl (C=O) groups excluding carboxylic acids is 1. The summed E-state index contributed by atoms with van der Waals surface area (Å²) in [6.45, 7) is 8.00. The first-order chi connectivity index (χ1) is 14.3. The van der Waals surface area contributed by atoms with Crippen molar-refractivity contribution in [3.05, 3.63) is 18.2 Å². The van der Waals surface area contributed by atoms with Crippen molar-refractivity contribution >= 4 is 15.9 Å². The maximum atomic E-state index is 13.1. The third-order valence-electron chi connectivity index (χ3n) is 5.74. The lowest BCUT2D eigenvalue weighted by Gasteiger charge is -2.35. The number of rotatable bonds is 7. The molecule has 0 N–H and O–H groups in total. The average Bonchev–Trinajstić information content (AvgIpc) is 3.58. The molecule has 1 amide bonds. The van der Waals surface area contributed by atoms with Crippen LogP contribution in [0.5, 0.6) is 11.5 Å². The summed E-state index contributed by atoms with van der Waals surface area (Å²) in [5, 5.41) is 0. The molecule has 1 saturated carbocycles. The quantitative estimate of drug-likeness (QED) is 0.642. The van der Waals surface area contributed by atoms with Crippen LogP contribution in [0.15, 0.2) is 23.1 Å². The molecule has 2 heterocycles. The number of piperazine rings is 1. The zero-order valence-corrected chi connectivity index (χ0v) is 18.6. The summed E-state index contributed by atoms with van der Waals surface area (Å²) in [6.07, 6.45) is 2.34. The van der Waals surface area contributed by atoms with E-state index in [-0.39, 0.29) is 10.8 Å². The zero-order valence-electron chi connectivity index (χ0n) is 17.7. The Morgan fingerprint density at radius 3 is 2.40 bits per heavy atom. The molecule has 1 saturated heterocycles. The fourth-order valence-corrected chi connectivity index (χ4v) is 5.47. The van der Waals surface area contributed by atoms with Crippen molar-refractivity contribution in [2.45, 2.75) is 37.6 Å². The average molecular weight is 438 g/mol. The summed E-state index contributed by atoms with van der Waals surface area (Å²) in [5.41, 5.74) is 0. The standard InChI is InChI=1S/C21H31N3O5S/c1-16(2)14-23(17-3-4-17)15-21(25)22-7-9-24(10-8-22)30(26,27)18-5-6-19-20(13-18)29-12-11-28-19/h5-6,13,16-17H,3-4,7-12,14-15H2,1-2H3. The molecule has 0 aromatic heterocycles. The number of benzene rings is 1. The maximum absolute atomic E-state index is 13.1. The van der Waals surface area contributed by atoms with Crippen LogP contribution in [0.3, 0.4) is 0 Å². The highest BCUT2D eigenvalue weighted by Crippen LogP contribution is 2.33. The van der Waals surface area contributed by atoms with Gasteiger partial charge in [-0.25, -0.2) is 8.42 Å². The van der Waals surface area contributed by atoms with E-state index in [2.05, 4.69) is 18.7 Å². The SMILES string of the molecule is CC(C)CN(CC(=O)N1CCN(S(=O)(=O)c2ccc3c(c2)OCCO3)CC1)C1CC1. The smallest absolute Gasteiger partial charge is 0.243 e. The molecule has 4 rings (SSSR count). The van der Waals surface area contributed by atoms with Crippen LogP contribution in [0.1, 0.15) is 26.7 Å². The molecule has 1 aliphatic carbocycles. The molecule has 1 aromatic rings. The number of amides is 1. The lowest BCUT2D eigenvalue weighted by Crippen LogP contribution is -2.53. The maximum Gasteiger partial charge on any atom is 0.243 e. The van der Waals surface area contributed by atoms with Crippen LogP contribution in [-0.4, -0.2) is 87.0 Å². The number of fused-ring (bicyclic) bond motifs is 1. The Kier molecular flexibility index (Phi) is 6.22. The van der Waals surface area contributed by atoms with Crippen LogP contribution in [0, 0.1) is 5.92 Å². The number of hydrogen-bond donors (Lipinski definition) is 0. The summed E-state index contributed by atoms with van der Waals surface area (Å²) in [7, 11) is -3.64. The molecule has 0 unspecified atom stereocenters. The van der Waals surface area contributed by atoms with E-state index in [1.807, 2.05) is 0 Å². The Bertz CT molecular complexity index is 877. The van der Waals surface area contributed by atoms with Gasteiger partial charge in [0.25, 0.3) is 0 Å². The van der Waals surface area contributed by atoms with E-state index in [0.717, 1.165) is 6.54 Å². The molecule has 30 heavy (non-hydrogen) atoms. The van der Waals surface area contributed by atoms with Crippen LogP contribution in [0.25, 0.3) is 0 Å². The number of hydrogen-bond acceptors (Lipinski definition) is 6. The van der Waals surface area contributed by atoms with Crippen LogP contribution in [0.2, 0.25) is 0 Å². The second-order valence-electron chi connectivity index (χ2n) is 8.64. The van der Waals surface area contributed by atoms with Crippen molar-refractivity contribution in [1.82, 2.24) is 14.1 Å². The lowest BCUT2D eigenvalue weighted by atomic mass is 10.2. The minimum atomic E-state index is -3.64. The molecule has 0 radical (unpaired) electrons. The van der Waals surface area contributed by atoms with Crippen molar-refractivity contribution in [1.29, 1.82) is 0 Å². The Morgan fingerprint density at radius 2 is 1.77 bits per heavy atom. The third kappa shape index (κ3) is 4.73. The Balaban J connectivity index is 1.36. The van der Waals surface area contributed by atoms with Gasteiger partial charge in [-0.2, -0.15) is 4.31 Å². The molecule has 2 fully saturated rings. The van der Waals surface area contributed by atoms with E-state index in [9.17, 15) is 13.2 Å². The Labute approximate surface area is 178 Å². The highest BCUT2D eigenvalue weighted by molar-refractivity contribution is 7.89. The van der Waals surface area contributed by atoms with E-state index in [1.165, 1.54) is 23.2 Å². The molecule has 1 aromatic carbocycles. The van der Waals surface area contributed by atoms with Gasteiger partial charge >= 0.3 is 0 Å². The highest BCUT2D eigenvalue weighted by atomic mass is 32.2. The van der Waals surface area contributed by atoms with Crippen molar-refractivity contribution < 1.29 is 22.7 Å². The molecule has 8 nitrogen and oxygen atoms in total. The van der Waals surface area contributed by atoms with Gasteiger partial charge in [-0.15, -0.1) is 0 Å². The molecule has 3 aliphatic rings. The van der Waals surface area contributed by atoms with Gasteiger partial charge in [-0.1, -0.05) is 13.8 Å². The normalized spacial score (nSPS) is 20.1. The molecule has 0 spiro atoms. The topological polar surface area (TPSA) is 79.4 Å². The van der Waals surface area contributed by atoms with E-state index in [0.29, 0.717) is 69.4 Å². The van der Waals surface area contributed by atoms with Crippen LogP contribution >= 0.6 is 0 Å². The van der Waals surface area contributed by atoms with Crippen molar-refractivity contribution in [3.63, 3.8) is 0 Å². The minimum Gasteiger partial charge on any atom is -0.486 e. The lowest BCUT2D eigenvalue weighted by molar-refractivity contribution is -0.133. The van der Waals surface area contributed by atoms with Gasteiger partial charge in [0.2, 0.25) is 15.9 Å². The van der Waals surface area contributed by atoms with Gasteiger partial charge in [0.1, 0.15) is 13.2 Å². The predicted molar refractivity (Wildman–Crippen MR) is 112 cm³/mol. The number of nitrogens with zero attached hydrogens (tertiary/aromatic N) is 3. The molecule has 0 bridgehead atoms. The van der Waals surface area contributed by atoms with Crippen molar-refractivity contribution in [3.8, 4) is 11.5 Å². The summed E-state index contributed by atoms with van der Waals surface area (Å²) < 4.78 is 38.6.